The molecule has 1 aromatic rings. The minimum absolute atomic E-state index is 0.0786. The van der Waals surface area contributed by atoms with Crippen molar-refractivity contribution in [2.24, 2.45) is 0 Å². The molecule has 3 nitrogen and oxygen atoms in total. The molecule has 0 bridgehead atoms. The highest BCUT2D eigenvalue weighted by molar-refractivity contribution is 5.46. The molecule has 3 heteroatoms. The van der Waals surface area contributed by atoms with Crippen LogP contribution in [-0.2, 0) is 6.54 Å². The Morgan fingerprint density at radius 3 is 2.45 bits per heavy atom. The number of hydrogen-bond donors (Lipinski definition) is 1. The zero-order valence-corrected chi connectivity index (χ0v) is 13.7. The van der Waals surface area contributed by atoms with Crippen LogP contribution in [0.3, 0.4) is 0 Å². The maximum absolute atomic E-state index is 6.08. The molecule has 1 unspecified atom stereocenters. The quantitative estimate of drug-likeness (QED) is 0.813. The SMILES string of the molecule is CCOc1cccc(CNC(C)(C)C)c1OC(C)CC. The van der Waals surface area contributed by atoms with Crippen LogP contribution in [0.1, 0.15) is 53.5 Å². The van der Waals surface area contributed by atoms with E-state index in [9.17, 15) is 0 Å². The third-order valence-corrected chi connectivity index (χ3v) is 3.06. The molecule has 114 valence electrons. The van der Waals surface area contributed by atoms with Crippen LogP contribution in [0.4, 0.5) is 0 Å². The third-order valence-electron chi connectivity index (χ3n) is 3.06. The number of para-hydroxylation sites is 1. The van der Waals surface area contributed by atoms with Gasteiger partial charge < -0.3 is 14.8 Å². The van der Waals surface area contributed by atoms with Crippen molar-refractivity contribution in [1.82, 2.24) is 5.32 Å². The van der Waals surface area contributed by atoms with Crippen molar-refractivity contribution in [2.75, 3.05) is 6.61 Å². The molecule has 0 spiro atoms. The molecule has 0 aliphatic heterocycles. The molecule has 1 rings (SSSR count). The van der Waals surface area contributed by atoms with Gasteiger partial charge in [0.1, 0.15) is 0 Å². The first-order chi connectivity index (χ1) is 9.37. The fraction of sp³-hybridized carbons (Fsp3) is 0.647. The van der Waals surface area contributed by atoms with Gasteiger partial charge in [0.15, 0.2) is 11.5 Å². The fourth-order valence-electron chi connectivity index (χ4n) is 1.75. The van der Waals surface area contributed by atoms with Crippen molar-refractivity contribution in [3.8, 4) is 11.5 Å². The predicted molar refractivity (Wildman–Crippen MR) is 84.6 cm³/mol. The van der Waals surface area contributed by atoms with Crippen LogP contribution in [0, 0.1) is 0 Å². The molecule has 0 radical (unpaired) electrons. The van der Waals surface area contributed by atoms with Gasteiger partial charge in [0.05, 0.1) is 12.7 Å². The number of benzene rings is 1. The van der Waals surface area contributed by atoms with Gasteiger partial charge in [-0.25, -0.2) is 0 Å². The lowest BCUT2D eigenvalue weighted by Gasteiger charge is -2.24. The van der Waals surface area contributed by atoms with E-state index in [1.807, 2.05) is 19.1 Å². The van der Waals surface area contributed by atoms with Gasteiger partial charge in [-0.1, -0.05) is 19.1 Å². The predicted octanol–water partition coefficient (Wildman–Crippen LogP) is 4.15. The third kappa shape index (κ3) is 5.41. The van der Waals surface area contributed by atoms with E-state index in [2.05, 4.69) is 46.0 Å². The second kappa shape index (κ2) is 7.53. The Labute approximate surface area is 123 Å². The Morgan fingerprint density at radius 1 is 1.20 bits per heavy atom. The van der Waals surface area contributed by atoms with Crippen LogP contribution in [0.2, 0.25) is 0 Å². The lowest BCUT2D eigenvalue weighted by atomic mass is 10.1. The van der Waals surface area contributed by atoms with E-state index in [-0.39, 0.29) is 11.6 Å². The van der Waals surface area contributed by atoms with Crippen LogP contribution >= 0.6 is 0 Å². The van der Waals surface area contributed by atoms with Crippen LogP contribution < -0.4 is 14.8 Å². The number of hydrogen-bond acceptors (Lipinski definition) is 3. The van der Waals surface area contributed by atoms with Crippen molar-refractivity contribution >= 4 is 0 Å². The zero-order chi connectivity index (χ0) is 15.2. The molecule has 1 atom stereocenters. The Kier molecular flexibility index (Phi) is 6.34. The first-order valence-electron chi connectivity index (χ1n) is 7.53. The molecule has 1 aromatic carbocycles. The molecule has 0 fully saturated rings. The molecule has 0 aliphatic rings. The van der Waals surface area contributed by atoms with Gasteiger partial charge in [0, 0.05) is 17.6 Å². The number of rotatable bonds is 7. The average molecular weight is 279 g/mol. The maximum Gasteiger partial charge on any atom is 0.166 e. The van der Waals surface area contributed by atoms with Crippen LogP contribution in [0.5, 0.6) is 11.5 Å². The molecule has 0 aromatic heterocycles. The lowest BCUT2D eigenvalue weighted by Crippen LogP contribution is -2.35. The average Bonchev–Trinajstić information content (AvgIpc) is 2.38. The van der Waals surface area contributed by atoms with Gasteiger partial charge in [0.25, 0.3) is 0 Å². The van der Waals surface area contributed by atoms with Gasteiger partial charge in [-0.15, -0.1) is 0 Å². The summed E-state index contributed by atoms with van der Waals surface area (Å²) in [4.78, 5) is 0. The standard InChI is InChI=1S/C17H29NO2/c1-7-13(3)20-16-14(12-18-17(4,5)6)10-9-11-15(16)19-8-2/h9-11,13,18H,7-8,12H2,1-6H3. The highest BCUT2D eigenvalue weighted by Gasteiger charge is 2.16. The molecule has 0 heterocycles. The van der Waals surface area contributed by atoms with E-state index in [0.29, 0.717) is 6.61 Å². The second-order valence-electron chi connectivity index (χ2n) is 6.12. The summed E-state index contributed by atoms with van der Waals surface area (Å²) < 4.78 is 11.8. The molecule has 1 N–H and O–H groups in total. The maximum atomic E-state index is 6.08. The van der Waals surface area contributed by atoms with Gasteiger partial charge in [-0.3, -0.25) is 0 Å². The summed E-state index contributed by atoms with van der Waals surface area (Å²) in [6, 6.07) is 6.09. The minimum Gasteiger partial charge on any atom is -0.490 e. The fourth-order valence-corrected chi connectivity index (χ4v) is 1.75. The topological polar surface area (TPSA) is 30.5 Å². The van der Waals surface area contributed by atoms with Crippen LogP contribution in [0.25, 0.3) is 0 Å². The molecular formula is C17H29NO2. The summed E-state index contributed by atoms with van der Waals surface area (Å²) in [6.45, 7) is 14.1. The van der Waals surface area contributed by atoms with E-state index in [4.69, 9.17) is 9.47 Å². The Morgan fingerprint density at radius 2 is 1.90 bits per heavy atom. The van der Waals surface area contributed by atoms with E-state index in [1.165, 1.54) is 0 Å². The summed E-state index contributed by atoms with van der Waals surface area (Å²) in [5.41, 5.74) is 1.22. The molecule has 0 saturated carbocycles. The first kappa shape index (κ1) is 16.8. The molecular weight excluding hydrogens is 250 g/mol. The Balaban J connectivity index is 2.98. The summed E-state index contributed by atoms with van der Waals surface area (Å²) in [7, 11) is 0. The summed E-state index contributed by atoms with van der Waals surface area (Å²) in [5.74, 6) is 1.71. The summed E-state index contributed by atoms with van der Waals surface area (Å²) in [5, 5.41) is 3.50. The monoisotopic (exact) mass is 279 g/mol. The van der Waals surface area contributed by atoms with Gasteiger partial charge in [-0.2, -0.15) is 0 Å². The van der Waals surface area contributed by atoms with E-state index < -0.39 is 0 Å². The van der Waals surface area contributed by atoms with Crippen molar-refractivity contribution in [2.45, 2.75) is 66.2 Å². The van der Waals surface area contributed by atoms with E-state index >= 15 is 0 Å². The molecule has 0 amide bonds. The Hall–Kier alpha value is -1.22. The van der Waals surface area contributed by atoms with Crippen molar-refractivity contribution in [1.29, 1.82) is 0 Å². The van der Waals surface area contributed by atoms with Crippen LogP contribution in [0.15, 0.2) is 18.2 Å². The summed E-state index contributed by atoms with van der Waals surface area (Å²) in [6.07, 6.45) is 1.16. The Bertz CT molecular complexity index is 410. The largest absolute Gasteiger partial charge is 0.490 e. The van der Waals surface area contributed by atoms with E-state index in [0.717, 1.165) is 30.0 Å². The van der Waals surface area contributed by atoms with Crippen molar-refractivity contribution in [3.63, 3.8) is 0 Å². The first-order valence-corrected chi connectivity index (χ1v) is 7.53. The lowest BCUT2D eigenvalue weighted by molar-refractivity contribution is 0.200. The highest BCUT2D eigenvalue weighted by atomic mass is 16.5. The smallest absolute Gasteiger partial charge is 0.166 e. The molecule has 0 saturated heterocycles. The number of ether oxygens (including phenoxy) is 2. The van der Waals surface area contributed by atoms with Crippen molar-refractivity contribution in [3.05, 3.63) is 23.8 Å². The highest BCUT2D eigenvalue weighted by Crippen LogP contribution is 2.33. The normalized spacial score (nSPS) is 13.1. The van der Waals surface area contributed by atoms with E-state index in [1.54, 1.807) is 0 Å². The summed E-state index contributed by atoms with van der Waals surface area (Å²) >= 11 is 0. The zero-order valence-electron chi connectivity index (χ0n) is 13.7. The van der Waals surface area contributed by atoms with Crippen LogP contribution in [-0.4, -0.2) is 18.2 Å². The van der Waals surface area contributed by atoms with Gasteiger partial charge in [0.2, 0.25) is 0 Å². The molecule has 0 aliphatic carbocycles. The second-order valence-corrected chi connectivity index (χ2v) is 6.12. The van der Waals surface area contributed by atoms with Gasteiger partial charge in [-0.05, 0) is 47.1 Å². The molecule has 20 heavy (non-hydrogen) atoms. The van der Waals surface area contributed by atoms with Crippen molar-refractivity contribution < 1.29 is 9.47 Å². The minimum atomic E-state index is 0.0786. The number of nitrogens with one attached hydrogen (secondary N) is 1. The van der Waals surface area contributed by atoms with Gasteiger partial charge >= 0.3 is 0 Å².